The Bertz CT molecular complexity index is 671. The van der Waals surface area contributed by atoms with Crippen LogP contribution in [0.3, 0.4) is 0 Å². The maximum absolute atomic E-state index is 12.1. The minimum absolute atomic E-state index is 0.0148. The molecule has 0 aliphatic heterocycles. The van der Waals surface area contributed by atoms with E-state index in [4.69, 9.17) is 0 Å². The van der Waals surface area contributed by atoms with Crippen molar-refractivity contribution in [2.75, 3.05) is 10.6 Å². The van der Waals surface area contributed by atoms with Crippen molar-refractivity contribution in [3.63, 3.8) is 0 Å². The van der Waals surface area contributed by atoms with Crippen LogP contribution in [0.4, 0.5) is 17.1 Å². The summed E-state index contributed by atoms with van der Waals surface area (Å²) >= 11 is 3.35. The number of nitrogens with one attached hydrogen (secondary N) is 2. The molecule has 0 heterocycles. The summed E-state index contributed by atoms with van der Waals surface area (Å²) in [4.78, 5) is 22.2. The van der Waals surface area contributed by atoms with Gasteiger partial charge in [-0.15, -0.1) is 0 Å². The highest BCUT2D eigenvalue weighted by atomic mass is 79.9. The van der Waals surface area contributed by atoms with Gasteiger partial charge in [0.25, 0.3) is 5.69 Å². The number of benzene rings is 2. The summed E-state index contributed by atoms with van der Waals surface area (Å²) in [6.45, 7) is 1.74. The molecule has 2 rings (SSSR count). The van der Waals surface area contributed by atoms with Crippen LogP contribution in [0.2, 0.25) is 0 Å². The highest BCUT2D eigenvalue weighted by Crippen LogP contribution is 2.17. The van der Waals surface area contributed by atoms with E-state index in [-0.39, 0.29) is 11.6 Å². The van der Waals surface area contributed by atoms with Gasteiger partial charge in [0.05, 0.1) is 4.92 Å². The number of hydrogen-bond acceptors (Lipinski definition) is 4. The third-order valence-electron chi connectivity index (χ3n) is 2.97. The van der Waals surface area contributed by atoms with Crippen molar-refractivity contribution in [1.29, 1.82) is 0 Å². The number of nitro groups is 1. The first kappa shape index (κ1) is 16.0. The number of amides is 1. The predicted molar refractivity (Wildman–Crippen MR) is 89.0 cm³/mol. The first-order valence-corrected chi connectivity index (χ1v) is 7.32. The molecule has 6 nitrogen and oxygen atoms in total. The molecule has 0 saturated carbocycles. The zero-order valence-corrected chi connectivity index (χ0v) is 13.3. The molecule has 1 unspecified atom stereocenters. The summed E-state index contributed by atoms with van der Waals surface area (Å²) in [5, 5.41) is 16.4. The van der Waals surface area contributed by atoms with Gasteiger partial charge in [0.2, 0.25) is 5.91 Å². The van der Waals surface area contributed by atoms with Crippen LogP contribution < -0.4 is 10.6 Å². The van der Waals surface area contributed by atoms with E-state index in [1.54, 1.807) is 6.92 Å². The summed E-state index contributed by atoms with van der Waals surface area (Å²) in [6, 6.07) is 12.7. The number of hydrogen-bond donors (Lipinski definition) is 2. The molecule has 2 aromatic carbocycles. The zero-order chi connectivity index (χ0) is 16.1. The second-order valence-electron chi connectivity index (χ2n) is 4.67. The van der Waals surface area contributed by atoms with Crippen molar-refractivity contribution in [2.45, 2.75) is 13.0 Å². The second-order valence-corrected chi connectivity index (χ2v) is 5.58. The van der Waals surface area contributed by atoms with Gasteiger partial charge in [-0.1, -0.05) is 15.9 Å². The van der Waals surface area contributed by atoms with Gasteiger partial charge in [0.15, 0.2) is 0 Å². The Balaban J connectivity index is 1.95. The Labute approximate surface area is 135 Å². The van der Waals surface area contributed by atoms with Gasteiger partial charge < -0.3 is 10.6 Å². The standard InChI is InChI=1S/C15H14BrN3O3/c1-10(17-12-4-2-11(16)3-5-12)15(20)18-13-6-8-14(9-7-13)19(21)22/h2-10,17H,1H3,(H,18,20). The summed E-state index contributed by atoms with van der Waals surface area (Å²) < 4.78 is 0.959. The third kappa shape index (κ3) is 4.29. The number of carbonyl (C=O) groups excluding carboxylic acids is 1. The van der Waals surface area contributed by atoms with Crippen LogP contribution in [-0.2, 0) is 4.79 Å². The van der Waals surface area contributed by atoms with E-state index in [0.29, 0.717) is 5.69 Å². The number of nitro benzene ring substituents is 1. The van der Waals surface area contributed by atoms with Gasteiger partial charge in [-0.05, 0) is 43.3 Å². The summed E-state index contributed by atoms with van der Waals surface area (Å²) in [7, 11) is 0. The van der Waals surface area contributed by atoms with Crippen LogP contribution in [0.5, 0.6) is 0 Å². The van der Waals surface area contributed by atoms with E-state index in [1.165, 1.54) is 24.3 Å². The Morgan fingerprint density at radius 3 is 2.18 bits per heavy atom. The lowest BCUT2D eigenvalue weighted by Gasteiger charge is -2.15. The fourth-order valence-electron chi connectivity index (χ4n) is 1.78. The Morgan fingerprint density at radius 2 is 1.64 bits per heavy atom. The predicted octanol–water partition coefficient (Wildman–Crippen LogP) is 3.80. The number of anilines is 2. The Kier molecular flexibility index (Phi) is 5.11. The molecule has 0 bridgehead atoms. The molecule has 22 heavy (non-hydrogen) atoms. The topological polar surface area (TPSA) is 84.3 Å². The molecule has 114 valence electrons. The number of halogens is 1. The van der Waals surface area contributed by atoms with E-state index < -0.39 is 11.0 Å². The normalized spacial score (nSPS) is 11.5. The van der Waals surface area contributed by atoms with Gasteiger partial charge in [0.1, 0.15) is 6.04 Å². The lowest BCUT2D eigenvalue weighted by Crippen LogP contribution is -2.31. The smallest absolute Gasteiger partial charge is 0.269 e. The number of nitrogens with zero attached hydrogens (tertiary/aromatic N) is 1. The number of non-ortho nitro benzene ring substituents is 1. The molecule has 0 aliphatic carbocycles. The largest absolute Gasteiger partial charge is 0.374 e. The second kappa shape index (κ2) is 7.04. The maximum Gasteiger partial charge on any atom is 0.269 e. The SMILES string of the molecule is CC(Nc1ccc(Br)cc1)C(=O)Nc1ccc([N+](=O)[O-])cc1. The summed E-state index contributed by atoms with van der Waals surface area (Å²) in [6.07, 6.45) is 0. The first-order chi connectivity index (χ1) is 10.5. The molecule has 0 aliphatic rings. The van der Waals surface area contributed by atoms with Gasteiger partial charge in [-0.3, -0.25) is 14.9 Å². The Hall–Kier alpha value is -2.41. The minimum Gasteiger partial charge on any atom is -0.374 e. The van der Waals surface area contributed by atoms with Crippen molar-refractivity contribution in [1.82, 2.24) is 0 Å². The van der Waals surface area contributed by atoms with Crippen LogP contribution in [0, 0.1) is 10.1 Å². The molecule has 0 aromatic heterocycles. The zero-order valence-electron chi connectivity index (χ0n) is 11.7. The van der Waals surface area contributed by atoms with Crippen molar-refractivity contribution in [3.05, 3.63) is 63.1 Å². The monoisotopic (exact) mass is 363 g/mol. The molecule has 1 atom stereocenters. The molecule has 2 aromatic rings. The van der Waals surface area contributed by atoms with E-state index >= 15 is 0 Å². The average Bonchev–Trinajstić information content (AvgIpc) is 2.50. The first-order valence-electron chi connectivity index (χ1n) is 6.53. The molecule has 2 N–H and O–H groups in total. The van der Waals surface area contributed by atoms with Crippen LogP contribution in [-0.4, -0.2) is 16.9 Å². The molecular formula is C15H14BrN3O3. The number of carbonyl (C=O) groups is 1. The lowest BCUT2D eigenvalue weighted by atomic mass is 10.2. The van der Waals surface area contributed by atoms with E-state index in [2.05, 4.69) is 26.6 Å². The van der Waals surface area contributed by atoms with Gasteiger partial charge in [-0.2, -0.15) is 0 Å². The molecule has 0 saturated heterocycles. The average molecular weight is 364 g/mol. The van der Waals surface area contributed by atoms with Crippen LogP contribution >= 0.6 is 15.9 Å². The quantitative estimate of drug-likeness (QED) is 0.624. The number of rotatable bonds is 5. The van der Waals surface area contributed by atoms with Crippen molar-refractivity contribution < 1.29 is 9.72 Å². The fraction of sp³-hybridized carbons (Fsp3) is 0.133. The summed E-state index contributed by atoms with van der Waals surface area (Å²) in [5.41, 5.74) is 1.33. The van der Waals surface area contributed by atoms with Crippen LogP contribution in [0.15, 0.2) is 53.0 Å². The van der Waals surface area contributed by atoms with E-state index in [9.17, 15) is 14.9 Å². The molecule has 0 radical (unpaired) electrons. The minimum atomic E-state index is -0.483. The van der Waals surface area contributed by atoms with Crippen molar-refractivity contribution in [3.8, 4) is 0 Å². The molecule has 0 fully saturated rings. The van der Waals surface area contributed by atoms with Gasteiger partial charge in [-0.25, -0.2) is 0 Å². The van der Waals surface area contributed by atoms with Crippen molar-refractivity contribution in [2.24, 2.45) is 0 Å². The lowest BCUT2D eigenvalue weighted by molar-refractivity contribution is -0.384. The van der Waals surface area contributed by atoms with Gasteiger partial charge >= 0.3 is 0 Å². The van der Waals surface area contributed by atoms with E-state index in [1.807, 2.05) is 24.3 Å². The molecule has 0 spiro atoms. The van der Waals surface area contributed by atoms with Crippen molar-refractivity contribution >= 4 is 38.9 Å². The molecular weight excluding hydrogens is 350 g/mol. The third-order valence-corrected chi connectivity index (χ3v) is 3.50. The Morgan fingerprint density at radius 1 is 1.09 bits per heavy atom. The maximum atomic E-state index is 12.1. The van der Waals surface area contributed by atoms with Gasteiger partial charge in [0, 0.05) is 28.0 Å². The molecule has 1 amide bonds. The summed E-state index contributed by atoms with van der Waals surface area (Å²) in [5.74, 6) is -0.225. The van der Waals surface area contributed by atoms with Crippen LogP contribution in [0.1, 0.15) is 6.92 Å². The van der Waals surface area contributed by atoms with Crippen LogP contribution in [0.25, 0.3) is 0 Å². The highest BCUT2D eigenvalue weighted by Gasteiger charge is 2.13. The van der Waals surface area contributed by atoms with E-state index in [0.717, 1.165) is 10.2 Å². The molecule has 7 heteroatoms. The fourth-order valence-corrected chi connectivity index (χ4v) is 2.04. The highest BCUT2D eigenvalue weighted by molar-refractivity contribution is 9.10.